The molecule has 2 fully saturated rings. The zero-order chi connectivity index (χ0) is 30.8. The van der Waals surface area contributed by atoms with Crippen molar-refractivity contribution in [1.29, 1.82) is 0 Å². The number of aromatic nitrogens is 1. The van der Waals surface area contributed by atoms with Crippen LogP contribution in [-0.4, -0.2) is 72.5 Å². The minimum Gasteiger partial charge on any atom is -0.444 e. The topological polar surface area (TPSA) is 135 Å². The lowest BCUT2D eigenvalue weighted by atomic mass is 9.93. The average molecular weight is 609 g/mol. The molecule has 0 aliphatic carbocycles. The lowest BCUT2D eigenvalue weighted by Gasteiger charge is -2.34. The number of nitrogens with one attached hydrogen (secondary N) is 1. The molecule has 0 radical (unpaired) electrons. The van der Waals surface area contributed by atoms with Crippen molar-refractivity contribution in [3.8, 4) is 5.75 Å². The van der Waals surface area contributed by atoms with Gasteiger partial charge in [0.25, 0.3) is 5.91 Å². The first-order valence-electron chi connectivity index (χ1n) is 14.4. The van der Waals surface area contributed by atoms with E-state index in [0.29, 0.717) is 42.7 Å². The van der Waals surface area contributed by atoms with E-state index in [4.69, 9.17) is 8.92 Å². The van der Waals surface area contributed by atoms with Crippen LogP contribution in [0.4, 0.5) is 9.59 Å². The summed E-state index contributed by atoms with van der Waals surface area (Å²) in [7, 11) is -4.11. The molecule has 2 saturated heterocycles. The molecule has 228 valence electrons. The lowest BCUT2D eigenvalue weighted by Crippen LogP contribution is -2.43. The van der Waals surface area contributed by atoms with Crippen molar-refractivity contribution in [2.45, 2.75) is 63.0 Å². The molecular formula is C31H36N4O7S. The molecule has 0 spiro atoms. The molecule has 1 aromatic heterocycles. The zero-order valence-electron chi connectivity index (χ0n) is 24.5. The van der Waals surface area contributed by atoms with E-state index in [-0.39, 0.29) is 29.1 Å². The second-order valence-corrected chi connectivity index (χ2v) is 13.5. The zero-order valence-corrected chi connectivity index (χ0v) is 25.3. The second kappa shape index (κ2) is 12.2. The first-order valence-corrected chi connectivity index (χ1v) is 15.8. The summed E-state index contributed by atoms with van der Waals surface area (Å²) in [5.74, 6) is 0.0913. The molecule has 3 aromatic rings. The maximum atomic E-state index is 13.0. The van der Waals surface area contributed by atoms with E-state index in [1.165, 1.54) is 24.4 Å². The third kappa shape index (κ3) is 7.24. The number of benzene rings is 2. The summed E-state index contributed by atoms with van der Waals surface area (Å²) in [5.41, 5.74) is 0.214. The quantitative estimate of drug-likeness (QED) is 0.292. The lowest BCUT2D eigenvalue weighted by molar-refractivity contribution is -0.121. The van der Waals surface area contributed by atoms with E-state index in [0.717, 1.165) is 18.4 Å². The molecule has 3 heterocycles. The standard InChI is InChI=1S/C31H36N4O7S/c1-31(2,3)41-30(38)34-16-12-21(13-17-34)14-18-35-26(28(36)33-29(35)37)19-22-7-9-24(10-8-22)42-43(39,40)27-6-4-5-23-20-32-15-11-25(23)27/h4-11,15,20-21,26H,12-14,16-19H2,1-3H3,(H,33,36,37). The average Bonchev–Trinajstić information content (AvgIpc) is 3.23. The highest BCUT2D eigenvalue weighted by molar-refractivity contribution is 7.87. The predicted octanol–water partition coefficient (Wildman–Crippen LogP) is 4.50. The molecule has 12 heteroatoms. The Bertz CT molecular complexity index is 1610. The molecule has 0 bridgehead atoms. The molecule has 0 saturated carbocycles. The minimum absolute atomic E-state index is 0.0452. The van der Waals surface area contributed by atoms with Gasteiger partial charge in [0.1, 0.15) is 22.3 Å². The summed E-state index contributed by atoms with van der Waals surface area (Å²) in [6.45, 7) is 7.13. The Labute approximate surface area is 251 Å². The number of piperidine rings is 1. The Balaban J connectivity index is 1.17. The van der Waals surface area contributed by atoms with Gasteiger partial charge in [-0.2, -0.15) is 8.42 Å². The van der Waals surface area contributed by atoms with Crippen molar-refractivity contribution in [2.75, 3.05) is 19.6 Å². The summed E-state index contributed by atoms with van der Waals surface area (Å²) in [6, 6.07) is 11.9. The largest absolute Gasteiger partial charge is 0.444 e. The van der Waals surface area contributed by atoms with E-state index >= 15 is 0 Å². The first kappa shape index (κ1) is 30.3. The van der Waals surface area contributed by atoms with Crippen molar-refractivity contribution in [1.82, 2.24) is 20.1 Å². The van der Waals surface area contributed by atoms with Gasteiger partial charge in [-0.25, -0.2) is 9.59 Å². The number of fused-ring (bicyclic) bond motifs is 1. The van der Waals surface area contributed by atoms with Crippen LogP contribution in [0.3, 0.4) is 0 Å². The van der Waals surface area contributed by atoms with Gasteiger partial charge >= 0.3 is 22.2 Å². The Morgan fingerprint density at radius 2 is 1.77 bits per heavy atom. The van der Waals surface area contributed by atoms with Crippen molar-refractivity contribution in [3.05, 3.63) is 66.5 Å². The van der Waals surface area contributed by atoms with E-state index in [9.17, 15) is 22.8 Å². The van der Waals surface area contributed by atoms with Gasteiger partial charge in [0.05, 0.1) is 0 Å². The molecule has 4 amide bonds. The van der Waals surface area contributed by atoms with E-state index in [1.807, 2.05) is 20.8 Å². The smallest absolute Gasteiger partial charge is 0.410 e. The SMILES string of the molecule is CC(C)(C)OC(=O)N1CCC(CCN2C(=O)NC(=O)C2Cc2ccc(OS(=O)(=O)c3cccc4cnccc34)cc2)CC1. The Kier molecular flexibility index (Phi) is 8.59. The van der Waals surface area contributed by atoms with E-state index in [2.05, 4.69) is 10.3 Å². The van der Waals surface area contributed by atoms with Gasteiger partial charge < -0.3 is 18.7 Å². The van der Waals surface area contributed by atoms with Crippen molar-refractivity contribution >= 4 is 38.9 Å². The summed E-state index contributed by atoms with van der Waals surface area (Å²) in [5, 5.41) is 3.61. The third-order valence-corrected chi connectivity index (χ3v) is 8.99. The number of rotatable bonds is 8. The number of imide groups is 1. The van der Waals surface area contributed by atoms with Gasteiger partial charge in [-0.1, -0.05) is 24.3 Å². The normalized spacial score (nSPS) is 18.2. The van der Waals surface area contributed by atoms with Crippen LogP contribution in [0.1, 0.15) is 45.6 Å². The maximum Gasteiger partial charge on any atom is 0.410 e. The predicted molar refractivity (Wildman–Crippen MR) is 159 cm³/mol. The molecule has 1 unspecified atom stereocenters. The Morgan fingerprint density at radius 3 is 2.47 bits per heavy atom. The molecule has 2 aliphatic rings. The summed E-state index contributed by atoms with van der Waals surface area (Å²) >= 11 is 0. The van der Waals surface area contributed by atoms with Crippen LogP contribution in [0.2, 0.25) is 0 Å². The molecule has 1 N–H and O–H groups in total. The number of ether oxygens (including phenoxy) is 1. The Hall–Kier alpha value is -4.19. The minimum atomic E-state index is -4.11. The van der Waals surface area contributed by atoms with Crippen LogP contribution in [0.15, 0.2) is 65.8 Å². The molecular weight excluding hydrogens is 572 g/mol. The monoisotopic (exact) mass is 608 g/mol. The number of likely N-dealkylation sites (tertiary alicyclic amines) is 1. The van der Waals surface area contributed by atoms with E-state index < -0.39 is 27.8 Å². The number of nitrogens with zero attached hydrogens (tertiary/aromatic N) is 3. The van der Waals surface area contributed by atoms with Gasteiger partial charge in [0.15, 0.2) is 0 Å². The van der Waals surface area contributed by atoms with E-state index in [1.54, 1.807) is 46.3 Å². The van der Waals surface area contributed by atoms with Gasteiger partial charge in [-0.15, -0.1) is 0 Å². The molecule has 2 aromatic carbocycles. The highest BCUT2D eigenvalue weighted by Gasteiger charge is 2.38. The van der Waals surface area contributed by atoms with Crippen molar-refractivity contribution < 1.29 is 31.7 Å². The van der Waals surface area contributed by atoms with Crippen molar-refractivity contribution in [2.24, 2.45) is 5.92 Å². The number of pyridine rings is 1. The molecule has 11 nitrogen and oxygen atoms in total. The number of carbonyl (C=O) groups excluding carboxylic acids is 3. The number of hydrogen-bond acceptors (Lipinski definition) is 8. The molecule has 2 aliphatic heterocycles. The van der Waals surface area contributed by atoms with Crippen LogP contribution in [-0.2, 0) is 26.1 Å². The van der Waals surface area contributed by atoms with Gasteiger partial charge in [0, 0.05) is 49.2 Å². The Morgan fingerprint density at radius 1 is 1.05 bits per heavy atom. The van der Waals surface area contributed by atoms with Crippen LogP contribution < -0.4 is 9.50 Å². The van der Waals surface area contributed by atoms with Crippen LogP contribution in [0.5, 0.6) is 5.75 Å². The van der Waals surface area contributed by atoms with Crippen LogP contribution in [0.25, 0.3) is 10.8 Å². The number of urea groups is 1. The third-order valence-electron chi connectivity index (χ3n) is 7.68. The second-order valence-electron chi connectivity index (χ2n) is 11.9. The molecule has 5 rings (SSSR count). The highest BCUT2D eigenvalue weighted by Crippen LogP contribution is 2.27. The fraction of sp³-hybridized carbons (Fsp3) is 0.419. The molecule has 43 heavy (non-hydrogen) atoms. The fourth-order valence-corrected chi connectivity index (χ4v) is 6.60. The van der Waals surface area contributed by atoms with Gasteiger partial charge in [-0.05, 0) is 75.8 Å². The fourth-order valence-electron chi connectivity index (χ4n) is 5.44. The van der Waals surface area contributed by atoms with Gasteiger partial charge in [-0.3, -0.25) is 15.1 Å². The first-order chi connectivity index (χ1) is 20.4. The van der Waals surface area contributed by atoms with Gasteiger partial charge in [0.2, 0.25) is 0 Å². The maximum absolute atomic E-state index is 13.0. The van der Waals surface area contributed by atoms with Crippen LogP contribution >= 0.6 is 0 Å². The highest BCUT2D eigenvalue weighted by atomic mass is 32.2. The van der Waals surface area contributed by atoms with Crippen molar-refractivity contribution in [3.63, 3.8) is 0 Å². The number of carbonyl (C=O) groups is 3. The summed E-state index contributed by atoms with van der Waals surface area (Å²) < 4.78 is 37.0. The summed E-state index contributed by atoms with van der Waals surface area (Å²) in [6.07, 6.45) is 5.40. The molecule has 1 atom stereocenters. The summed E-state index contributed by atoms with van der Waals surface area (Å²) in [4.78, 5) is 45.0. The number of hydrogen-bond donors (Lipinski definition) is 1. The number of amides is 4. The van der Waals surface area contributed by atoms with Crippen LogP contribution in [0, 0.1) is 5.92 Å².